The molecule has 0 saturated heterocycles. The Morgan fingerprint density at radius 3 is 2.47 bits per heavy atom. The third-order valence-corrected chi connectivity index (χ3v) is 2.73. The minimum Gasteiger partial charge on any atom is -0.261 e. The van der Waals surface area contributed by atoms with Crippen LogP contribution in [0.25, 0.3) is 11.3 Å². The Morgan fingerprint density at radius 2 is 1.84 bits per heavy atom. The average Bonchev–Trinajstić information content (AvgIpc) is 2.38. The maximum absolute atomic E-state index is 12.7. The van der Waals surface area contributed by atoms with Crippen molar-refractivity contribution in [2.24, 2.45) is 0 Å². The summed E-state index contributed by atoms with van der Waals surface area (Å²) in [5, 5.41) is 0. The van der Waals surface area contributed by atoms with Gasteiger partial charge in [0.1, 0.15) is 0 Å². The summed E-state index contributed by atoms with van der Waals surface area (Å²) >= 11 is 0. The van der Waals surface area contributed by atoms with Crippen LogP contribution in [0.15, 0.2) is 36.7 Å². The molecule has 2 aromatic rings. The van der Waals surface area contributed by atoms with Crippen LogP contribution in [0.5, 0.6) is 0 Å². The van der Waals surface area contributed by atoms with Crippen molar-refractivity contribution in [1.82, 2.24) is 9.97 Å². The van der Waals surface area contributed by atoms with E-state index in [0.717, 1.165) is 17.8 Å². The molecule has 0 bridgehead atoms. The van der Waals surface area contributed by atoms with E-state index in [-0.39, 0.29) is 5.92 Å². The van der Waals surface area contributed by atoms with Crippen LogP contribution < -0.4 is 0 Å². The number of alkyl halides is 3. The molecule has 0 unspecified atom stereocenters. The summed E-state index contributed by atoms with van der Waals surface area (Å²) in [6.07, 6.45) is -1.25. The maximum atomic E-state index is 12.7. The highest BCUT2D eigenvalue weighted by molar-refractivity contribution is 5.59. The lowest BCUT2D eigenvalue weighted by Gasteiger charge is -2.09. The summed E-state index contributed by atoms with van der Waals surface area (Å²) in [6, 6.07) is 5.11. The van der Waals surface area contributed by atoms with E-state index < -0.39 is 11.7 Å². The lowest BCUT2D eigenvalue weighted by Crippen LogP contribution is -2.05. The van der Waals surface area contributed by atoms with Crippen molar-refractivity contribution >= 4 is 0 Å². The summed E-state index contributed by atoms with van der Waals surface area (Å²) < 4.78 is 38.0. The molecule has 100 valence electrons. The van der Waals surface area contributed by atoms with Crippen molar-refractivity contribution in [3.05, 3.63) is 47.9 Å². The molecule has 0 atom stereocenters. The van der Waals surface area contributed by atoms with E-state index in [9.17, 15) is 13.2 Å². The Kier molecular flexibility index (Phi) is 3.55. The van der Waals surface area contributed by atoms with Gasteiger partial charge in [-0.1, -0.05) is 26.0 Å². The number of rotatable bonds is 2. The topological polar surface area (TPSA) is 25.8 Å². The second-order valence-corrected chi connectivity index (χ2v) is 4.56. The molecule has 1 aromatic carbocycles. The molecular formula is C14H13F3N2. The Bertz CT molecular complexity index is 577. The molecule has 0 spiro atoms. The Labute approximate surface area is 109 Å². The van der Waals surface area contributed by atoms with Crippen molar-refractivity contribution in [3.63, 3.8) is 0 Å². The number of benzene rings is 1. The summed E-state index contributed by atoms with van der Waals surface area (Å²) in [7, 11) is 0. The zero-order chi connectivity index (χ0) is 14.0. The zero-order valence-electron chi connectivity index (χ0n) is 10.6. The van der Waals surface area contributed by atoms with Gasteiger partial charge in [-0.15, -0.1) is 0 Å². The number of nitrogens with zero attached hydrogens (tertiary/aromatic N) is 2. The first-order valence-electron chi connectivity index (χ1n) is 5.87. The van der Waals surface area contributed by atoms with Gasteiger partial charge in [0, 0.05) is 11.8 Å². The highest BCUT2D eigenvalue weighted by Crippen LogP contribution is 2.31. The first kappa shape index (κ1) is 13.5. The molecule has 0 aliphatic carbocycles. The maximum Gasteiger partial charge on any atom is 0.416 e. The van der Waals surface area contributed by atoms with Gasteiger partial charge in [-0.2, -0.15) is 13.2 Å². The van der Waals surface area contributed by atoms with Gasteiger partial charge in [-0.05, 0) is 18.1 Å². The predicted molar refractivity (Wildman–Crippen MR) is 66.6 cm³/mol. The van der Waals surface area contributed by atoms with E-state index in [1.807, 2.05) is 13.8 Å². The average molecular weight is 266 g/mol. The van der Waals surface area contributed by atoms with Crippen LogP contribution in [0, 0.1) is 0 Å². The predicted octanol–water partition coefficient (Wildman–Crippen LogP) is 4.29. The zero-order valence-corrected chi connectivity index (χ0v) is 10.6. The van der Waals surface area contributed by atoms with Crippen LogP contribution in [-0.4, -0.2) is 9.97 Å². The fourth-order valence-electron chi connectivity index (χ4n) is 1.65. The molecule has 0 N–H and O–H groups in total. The van der Waals surface area contributed by atoms with Crippen LogP contribution >= 0.6 is 0 Å². The first-order chi connectivity index (χ1) is 8.88. The second kappa shape index (κ2) is 4.99. The van der Waals surface area contributed by atoms with Crippen molar-refractivity contribution in [1.29, 1.82) is 0 Å². The Hall–Kier alpha value is -1.91. The molecule has 1 heterocycles. The summed E-state index contributed by atoms with van der Waals surface area (Å²) in [4.78, 5) is 8.37. The molecule has 0 radical (unpaired) electrons. The molecule has 0 fully saturated rings. The summed E-state index contributed by atoms with van der Waals surface area (Å²) in [6.45, 7) is 3.92. The van der Waals surface area contributed by atoms with Gasteiger partial charge in [0.25, 0.3) is 0 Å². The minimum atomic E-state index is -4.35. The van der Waals surface area contributed by atoms with E-state index in [1.54, 1.807) is 12.3 Å². The number of hydrogen-bond acceptors (Lipinski definition) is 2. The van der Waals surface area contributed by atoms with E-state index in [4.69, 9.17) is 0 Å². The van der Waals surface area contributed by atoms with Crippen molar-refractivity contribution in [2.45, 2.75) is 25.9 Å². The van der Waals surface area contributed by atoms with Gasteiger partial charge in [-0.3, -0.25) is 4.98 Å². The largest absolute Gasteiger partial charge is 0.416 e. The number of aromatic nitrogens is 2. The smallest absolute Gasteiger partial charge is 0.261 e. The quantitative estimate of drug-likeness (QED) is 0.810. The van der Waals surface area contributed by atoms with Gasteiger partial charge >= 0.3 is 6.18 Å². The SMILES string of the molecule is CC(C)c1cncc(-c2cccc(C(F)(F)F)c2)n1. The normalized spacial score (nSPS) is 11.9. The Morgan fingerprint density at radius 1 is 1.11 bits per heavy atom. The van der Waals surface area contributed by atoms with E-state index >= 15 is 0 Å². The third kappa shape index (κ3) is 3.10. The fraction of sp³-hybridized carbons (Fsp3) is 0.286. The number of hydrogen-bond donors (Lipinski definition) is 0. The van der Waals surface area contributed by atoms with Crippen molar-refractivity contribution < 1.29 is 13.2 Å². The molecule has 5 heteroatoms. The van der Waals surface area contributed by atoms with Crippen LogP contribution in [0.2, 0.25) is 0 Å². The molecule has 1 aromatic heterocycles. The molecule has 0 amide bonds. The molecule has 0 aliphatic heterocycles. The highest BCUT2D eigenvalue weighted by atomic mass is 19.4. The molecule has 19 heavy (non-hydrogen) atoms. The van der Waals surface area contributed by atoms with Crippen LogP contribution in [-0.2, 0) is 6.18 Å². The molecular weight excluding hydrogens is 253 g/mol. The standard InChI is InChI=1S/C14H13F3N2/c1-9(2)12-7-18-8-13(19-12)10-4-3-5-11(6-10)14(15,16)17/h3-9H,1-2H3. The molecule has 0 aliphatic rings. The van der Waals surface area contributed by atoms with Crippen LogP contribution in [0.3, 0.4) is 0 Å². The number of halogens is 3. The van der Waals surface area contributed by atoms with Crippen LogP contribution in [0.4, 0.5) is 13.2 Å². The monoisotopic (exact) mass is 266 g/mol. The fourth-order valence-corrected chi connectivity index (χ4v) is 1.65. The van der Waals surface area contributed by atoms with Gasteiger partial charge in [-0.25, -0.2) is 4.98 Å². The lowest BCUT2D eigenvalue weighted by molar-refractivity contribution is -0.137. The van der Waals surface area contributed by atoms with Crippen molar-refractivity contribution in [2.75, 3.05) is 0 Å². The van der Waals surface area contributed by atoms with Crippen molar-refractivity contribution in [3.8, 4) is 11.3 Å². The summed E-state index contributed by atoms with van der Waals surface area (Å²) in [5.41, 5.74) is 0.957. The summed E-state index contributed by atoms with van der Waals surface area (Å²) in [5.74, 6) is 0.179. The van der Waals surface area contributed by atoms with Gasteiger partial charge < -0.3 is 0 Å². The first-order valence-corrected chi connectivity index (χ1v) is 5.87. The van der Waals surface area contributed by atoms with E-state index in [1.165, 1.54) is 12.3 Å². The third-order valence-electron chi connectivity index (χ3n) is 2.73. The van der Waals surface area contributed by atoms with Gasteiger partial charge in [0.2, 0.25) is 0 Å². The highest BCUT2D eigenvalue weighted by Gasteiger charge is 2.30. The molecule has 0 saturated carbocycles. The van der Waals surface area contributed by atoms with Gasteiger partial charge in [0.05, 0.1) is 23.1 Å². The molecule has 2 rings (SSSR count). The van der Waals surface area contributed by atoms with E-state index in [2.05, 4.69) is 9.97 Å². The second-order valence-electron chi connectivity index (χ2n) is 4.56. The lowest BCUT2D eigenvalue weighted by atomic mass is 10.1. The Balaban J connectivity index is 2.45. The van der Waals surface area contributed by atoms with Gasteiger partial charge in [0.15, 0.2) is 0 Å². The minimum absolute atomic E-state index is 0.179. The van der Waals surface area contributed by atoms with E-state index in [0.29, 0.717) is 11.3 Å². The molecule has 2 nitrogen and oxygen atoms in total. The van der Waals surface area contributed by atoms with Crippen LogP contribution in [0.1, 0.15) is 31.0 Å².